The normalized spacial score (nSPS) is 16.3. The Morgan fingerprint density at radius 2 is 1.84 bits per heavy atom. The third-order valence-electron chi connectivity index (χ3n) is 5.19. The largest absolute Gasteiger partial charge is 0.481 e. The number of rotatable bonds is 6. The molecule has 0 bridgehead atoms. The maximum absolute atomic E-state index is 14.8. The highest BCUT2D eigenvalue weighted by atomic mass is 19.4. The van der Waals surface area contributed by atoms with E-state index in [0.29, 0.717) is 25.9 Å². The summed E-state index contributed by atoms with van der Waals surface area (Å²) in [4.78, 5) is 16.3. The standard InChI is InChI=1S/C21H21F5N2O3/c1-12(21(24,25)26)31-18-4-2-3-17(27-18)14-10-15(22)20(16(23)11-14)28-7-5-13(6-8-28)9-19(29)30/h2-4,10-13H,5-9H2,1H3,(H,29,30). The van der Waals surface area contributed by atoms with Gasteiger partial charge >= 0.3 is 12.1 Å². The number of hydrogen-bond acceptors (Lipinski definition) is 4. The Morgan fingerprint density at radius 3 is 2.39 bits per heavy atom. The van der Waals surface area contributed by atoms with E-state index in [9.17, 15) is 26.7 Å². The fourth-order valence-corrected chi connectivity index (χ4v) is 3.51. The van der Waals surface area contributed by atoms with Gasteiger partial charge < -0.3 is 14.7 Å². The van der Waals surface area contributed by atoms with Crippen LogP contribution in [0.25, 0.3) is 11.3 Å². The molecule has 1 N–H and O–H groups in total. The van der Waals surface area contributed by atoms with E-state index in [4.69, 9.17) is 9.84 Å². The molecule has 0 spiro atoms. The third kappa shape index (κ3) is 5.62. The van der Waals surface area contributed by atoms with Gasteiger partial charge in [0.2, 0.25) is 5.88 Å². The summed E-state index contributed by atoms with van der Waals surface area (Å²) < 4.78 is 72.4. The monoisotopic (exact) mass is 444 g/mol. The lowest BCUT2D eigenvalue weighted by Crippen LogP contribution is -2.35. The Labute approximate surface area is 175 Å². The molecule has 0 saturated carbocycles. The smallest absolute Gasteiger partial charge is 0.425 e. The summed E-state index contributed by atoms with van der Waals surface area (Å²) >= 11 is 0. The molecule has 5 nitrogen and oxygen atoms in total. The number of piperidine rings is 1. The van der Waals surface area contributed by atoms with E-state index in [0.717, 1.165) is 19.1 Å². The van der Waals surface area contributed by atoms with Gasteiger partial charge in [-0.2, -0.15) is 13.2 Å². The number of anilines is 1. The molecule has 1 unspecified atom stereocenters. The summed E-state index contributed by atoms with van der Waals surface area (Å²) in [6, 6.07) is 6.17. The molecule has 1 aliphatic rings. The van der Waals surface area contributed by atoms with Gasteiger partial charge in [-0.05, 0) is 43.9 Å². The van der Waals surface area contributed by atoms with E-state index in [2.05, 4.69) is 4.98 Å². The van der Waals surface area contributed by atoms with Gasteiger partial charge in [0, 0.05) is 31.1 Å². The number of carboxylic acid groups (broad SMARTS) is 1. The minimum Gasteiger partial charge on any atom is -0.481 e. The Kier molecular flexibility index (Phi) is 6.66. The molecule has 1 fully saturated rings. The predicted molar refractivity (Wildman–Crippen MR) is 103 cm³/mol. The van der Waals surface area contributed by atoms with Crippen molar-refractivity contribution in [3.63, 3.8) is 0 Å². The van der Waals surface area contributed by atoms with Crippen LogP contribution in [-0.4, -0.2) is 41.4 Å². The van der Waals surface area contributed by atoms with Gasteiger partial charge in [0.15, 0.2) is 6.10 Å². The van der Waals surface area contributed by atoms with Crippen molar-refractivity contribution < 1.29 is 36.6 Å². The van der Waals surface area contributed by atoms with E-state index in [-0.39, 0.29) is 35.2 Å². The zero-order chi connectivity index (χ0) is 22.8. The molecule has 2 aromatic rings. The van der Waals surface area contributed by atoms with Gasteiger partial charge in [0.25, 0.3) is 0 Å². The van der Waals surface area contributed by atoms with Crippen LogP contribution in [0.5, 0.6) is 5.88 Å². The number of alkyl halides is 3. The predicted octanol–water partition coefficient (Wildman–Crippen LogP) is 5.05. The van der Waals surface area contributed by atoms with E-state index in [1.54, 1.807) is 0 Å². The minimum atomic E-state index is -4.57. The van der Waals surface area contributed by atoms with Gasteiger partial charge in [-0.1, -0.05) is 6.07 Å². The van der Waals surface area contributed by atoms with E-state index >= 15 is 0 Å². The van der Waals surface area contributed by atoms with Crippen molar-refractivity contribution in [2.75, 3.05) is 18.0 Å². The molecule has 1 aliphatic heterocycles. The summed E-state index contributed by atoms with van der Waals surface area (Å²) in [5.41, 5.74) is -0.0864. The highest BCUT2D eigenvalue weighted by Gasteiger charge is 2.38. The minimum absolute atomic E-state index is 0.0226. The van der Waals surface area contributed by atoms with Gasteiger partial charge in [0.05, 0.1) is 5.69 Å². The molecule has 168 valence electrons. The van der Waals surface area contributed by atoms with Crippen molar-refractivity contribution in [1.82, 2.24) is 4.98 Å². The quantitative estimate of drug-likeness (QED) is 0.632. The number of carbonyl (C=O) groups is 1. The van der Waals surface area contributed by atoms with Gasteiger partial charge in [-0.25, -0.2) is 13.8 Å². The first-order valence-electron chi connectivity index (χ1n) is 9.71. The number of carboxylic acids is 1. The number of ether oxygens (including phenoxy) is 1. The fraction of sp³-hybridized carbons (Fsp3) is 0.429. The van der Waals surface area contributed by atoms with Crippen molar-refractivity contribution in [3.05, 3.63) is 42.0 Å². The Balaban J connectivity index is 1.78. The molecule has 0 aliphatic carbocycles. The number of aliphatic carboxylic acids is 1. The SMILES string of the molecule is CC(Oc1cccc(-c2cc(F)c(N3CCC(CC(=O)O)CC3)c(F)c2)n1)C(F)(F)F. The van der Waals surface area contributed by atoms with E-state index in [1.165, 1.54) is 23.1 Å². The zero-order valence-electron chi connectivity index (χ0n) is 16.6. The van der Waals surface area contributed by atoms with Crippen LogP contribution in [0.15, 0.2) is 30.3 Å². The second-order valence-electron chi connectivity index (χ2n) is 7.48. The molecular formula is C21H21F5N2O3. The maximum atomic E-state index is 14.8. The molecule has 31 heavy (non-hydrogen) atoms. The number of halogens is 5. The van der Waals surface area contributed by atoms with Crippen LogP contribution < -0.4 is 9.64 Å². The number of hydrogen-bond donors (Lipinski definition) is 1. The topological polar surface area (TPSA) is 62.7 Å². The maximum Gasteiger partial charge on any atom is 0.425 e. The Bertz CT molecular complexity index is 920. The lowest BCUT2D eigenvalue weighted by Gasteiger charge is -2.33. The summed E-state index contributed by atoms with van der Waals surface area (Å²) in [6.45, 7) is 1.48. The van der Waals surface area contributed by atoms with Crippen LogP contribution in [0, 0.1) is 17.6 Å². The van der Waals surface area contributed by atoms with Crippen LogP contribution in [0.4, 0.5) is 27.6 Å². The highest BCUT2D eigenvalue weighted by Crippen LogP contribution is 2.33. The molecule has 3 rings (SSSR count). The summed E-state index contributed by atoms with van der Waals surface area (Å²) in [7, 11) is 0. The van der Waals surface area contributed by atoms with Crippen LogP contribution in [0.1, 0.15) is 26.2 Å². The van der Waals surface area contributed by atoms with Crippen LogP contribution in [0.3, 0.4) is 0 Å². The molecule has 0 amide bonds. The van der Waals surface area contributed by atoms with Crippen molar-refractivity contribution in [1.29, 1.82) is 0 Å². The first kappa shape index (κ1) is 22.8. The molecule has 1 atom stereocenters. The second-order valence-corrected chi connectivity index (χ2v) is 7.48. The molecule has 1 aromatic carbocycles. The lowest BCUT2D eigenvalue weighted by molar-refractivity contribution is -0.189. The first-order chi connectivity index (χ1) is 14.5. The number of aromatic nitrogens is 1. The molecule has 0 radical (unpaired) electrons. The average Bonchev–Trinajstić information content (AvgIpc) is 2.68. The van der Waals surface area contributed by atoms with Crippen LogP contribution in [-0.2, 0) is 4.79 Å². The molecule has 1 saturated heterocycles. The van der Waals surface area contributed by atoms with Crippen molar-refractivity contribution >= 4 is 11.7 Å². The summed E-state index contributed by atoms with van der Waals surface area (Å²) in [5, 5.41) is 8.88. The van der Waals surface area contributed by atoms with Crippen molar-refractivity contribution in [2.24, 2.45) is 5.92 Å². The fourth-order valence-electron chi connectivity index (χ4n) is 3.51. The molecule has 10 heteroatoms. The molecular weight excluding hydrogens is 423 g/mol. The number of benzene rings is 1. The van der Waals surface area contributed by atoms with Crippen LogP contribution in [0.2, 0.25) is 0 Å². The summed E-state index contributed by atoms with van der Waals surface area (Å²) in [6.07, 6.45) is -5.63. The molecule has 2 heterocycles. The van der Waals surface area contributed by atoms with Crippen molar-refractivity contribution in [2.45, 2.75) is 38.5 Å². The second kappa shape index (κ2) is 9.07. The lowest BCUT2D eigenvalue weighted by atomic mass is 9.93. The number of pyridine rings is 1. The third-order valence-corrected chi connectivity index (χ3v) is 5.19. The van der Waals surface area contributed by atoms with Crippen molar-refractivity contribution in [3.8, 4) is 17.1 Å². The highest BCUT2D eigenvalue weighted by molar-refractivity contribution is 5.67. The summed E-state index contributed by atoms with van der Waals surface area (Å²) in [5.74, 6) is -2.91. The van der Waals surface area contributed by atoms with E-state index in [1.807, 2.05) is 0 Å². The zero-order valence-corrected chi connectivity index (χ0v) is 16.6. The first-order valence-corrected chi connectivity index (χ1v) is 9.71. The van der Waals surface area contributed by atoms with Gasteiger partial charge in [-0.3, -0.25) is 4.79 Å². The van der Waals surface area contributed by atoms with Gasteiger partial charge in [-0.15, -0.1) is 0 Å². The van der Waals surface area contributed by atoms with E-state index < -0.39 is 29.9 Å². The average molecular weight is 444 g/mol. The van der Waals surface area contributed by atoms with Gasteiger partial charge in [0.1, 0.15) is 17.3 Å². The Morgan fingerprint density at radius 1 is 1.23 bits per heavy atom. The van der Waals surface area contributed by atoms with Crippen LogP contribution >= 0.6 is 0 Å². The number of nitrogens with zero attached hydrogens (tertiary/aromatic N) is 2. The Hall–Kier alpha value is -2.91. The molecule has 1 aromatic heterocycles.